The summed E-state index contributed by atoms with van der Waals surface area (Å²) in [6, 6.07) is 0. The molecule has 2 N–H and O–H groups in total. The summed E-state index contributed by atoms with van der Waals surface area (Å²) in [5.41, 5.74) is 1.95. The Labute approximate surface area is 101 Å². The average Bonchev–Trinajstić information content (AvgIpc) is 2.29. The van der Waals surface area contributed by atoms with Gasteiger partial charge in [0.05, 0.1) is 6.10 Å². The van der Waals surface area contributed by atoms with Crippen molar-refractivity contribution < 1.29 is 5.11 Å². The van der Waals surface area contributed by atoms with Gasteiger partial charge < -0.3 is 10.4 Å². The van der Waals surface area contributed by atoms with E-state index in [-0.39, 0.29) is 6.10 Å². The number of nitrogens with one attached hydrogen (secondary N) is 1. The van der Waals surface area contributed by atoms with Crippen LogP contribution in [0, 0.1) is 13.8 Å². The molecule has 0 saturated carbocycles. The number of rotatable bonds is 5. The van der Waals surface area contributed by atoms with Gasteiger partial charge in [-0.15, -0.1) is 10.2 Å². The minimum absolute atomic E-state index is 0.255. The Balaban J connectivity index is 2.58. The van der Waals surface area contributed by atoms with E-state index in [4.69, 9.17) is 11.6 Å². The summed E-state index contributed by atoms with van der Waals surface area (Å²) < 4.78 is 0. The monoisotopic (exact) mass is 243 g/mol. The molecule has 16 heavy (non-hydrogen) atoms. The van der Waals surface area contributed by atoms with Gasteiger partial charge >= 0.3 is 0 Å². The first-order valence-electron chi connectivity index (χ1n) is 5.47. The molecule has 0 aliphatic carbocycles. The smallest absolute Gasteiger partial charge is 0.155 e. The third kappa shape index (κ3) is 3.32. The number of aromatic nitrogens is 2. The Hall–Kier alpha value is -0.870. The lowest BCUT2D eigenvalue weighted by Crippen LogP contribution is -2.14. The Morgan fingerprint density at radius 1 is 1.31 bits per heavy atom. The van der Waals surface area contributed by atoms with E-state index in [0.29, 0.717) is 18.1 Å². The van der Waals surface area contributed by atoms with Crippen molar-refractivity contribution in [1.82, 2.24) is 10.2 Å². The van der Waals surface area contributed by atoms with E-state index in [1.807, 2.05) is 20.8 Å². The zero-order valence-corrected chi connectivity index (χ0v) is 10.7. The highest BCUT2D eigenvalue weighted by atomic mass is 35.5. The molecule has 5 heteroatoms. The van der Waals surface area contributed by atoms with E-state index in [1.165, 1.54) is 0 Å². The van der Waals surface area contributed by atoms with E-state index < -0.39 is 0 Å². The maximum absolute atomic E-state index is 9.41. The fraction of sp³-hybridized carbons (Fsp3) is 0.636. The number of halogens is 1. The fourth-order valence-corrected chi connectivity index (χ4v) is 1.48. The number of aliphatic hydroxyl groups excluding tert-OH is 1. The maximum Gasteiger partial charge on any atom is 0.155 e. The van der Waals surface area contributed by atoms with Crippen LogP contribution in [0.5, 0.6) is 0 Å². The second-order valence-corrected chi connectivity index (χ2v) is 4.22. The van der Waals surface area contributed by atoms with Crippen molar-refractivity contribution in [3.05, 3.63) is 16.3 Å². The van der Waals surface area contributed by atoms with Gasteiger partial charge in [-0.05, 0) is 37.8 Å². The molecule has 4 nitrogen and oxygen atoms in total. The van der Waals surface area contributed by atoms with Crippen LogP contribution in [-0.4, -0.2) is 28.0 Å². The van der Waals surface area contributed by atoms with Crippen LogP contribution in [0.25, 0.3) is 0 Å². The van der Waals surface area contributed by atoms with Crippen LogP contribution in [0.15, 0.2) is 0 Å². The summed E-state index contributed by atoms with van der Waals surface area (Å²) in [6.07, 6.45) is 1.22. The highest BCUT2D eigenvalue weighted by Crippen LogP contribution is 2.20. The first-order chi connectivity index (χ1) is 7.56. The van der Waals surface area contributed by atoms with Crippen molar-refractivity contribution >= 4 is 17.4 Å². The number of nitrogens with zero attached hydrogens (tertiary/aromatic N) is 2. The molecule has 0 bridgehead atoms. The van der Waals surface area contributed by atoms with Crippen LogP contribution in [0.3, 0.4) is 0 Å². The molecular formula is C11H18ClN3O. The molecule has 1 heterocycles. The molecule has 1 atom stereocenters. The lowest BCUT2D eigenvalue weighted by molar-refractivity contribution is 0.164. The molecule has 0 spiro atoms. The molecule has 0 radical (unpaired) electrons. The van der Waals surface area contributed by atoms with Crippen molar-refractivity contribution in [2.24, 2.45) is 0 Å². The lowest BCUT2D eigenvalue weighted by atomic mass is 10.2. The fourth-order valence-electron chi connectivity index (χ4n) is 1.31. The quantitative estimate of drug-likeness (QED) is 0.833. The van der Waals surface area contributed by atoms with Gasteiger partial charge in [-0.25, -0.2) is 0 Å². The molecule has 0 fully saturated rings. The highest BCUT2D eigenvalue weighted by molar-refractivity contribution is 6.30. The third-order valence-electron chi connectivity index (χ3n) is 2.71. The molecule has 0 aliphatic heterocycles. The van der Waals surface area contributed by atoms with Crippen LogP contribution in [-0.2, 0) is 0 Å². The van der Waals surface area contributed by atoms with Crippen LogP contribution in [0.4, 0.5) is 5.82 Å². The summed E-state index contributed by atoms with van der Waals surface area (Å²) in [5.74, 6) is 0.741. The molecule has 0 aliphatic rings. The lowest BCUT2D eigenvalue weighted by Gasteiger charge is -2.12. The van der Waals surface area contributed by atoms with Crippen molar-refractivity contribution in [2.45, 2.75) is 39.7 Å². The van der Waals surface area contributed by atoms with Gasteiger partial charge in [0, 0.05) is 6.54 Å². The van der Waals surface area contributed by atoms with Crippen LogP contribution >= 0.6 is 11.6 Å². The maximum atomic E-state index is 9.41. The second kappa shape index (κ2) is 6.01. The predicted molar refractivity (Wildman–Crippen MR) is 65.9 cm³/mol. The van der Waals surface area contributed by atoms with Gasteiger partial charge in [-0.3, -0.25) is 0 Å². The van der Waals surface area contributed by atoms with Crippen molar-refractivity contribution in [3.8, 4) is 0 Å². The minimum Gasteiger partial charge on any atom is -0.393 e. The largest absolute Gasteiger partial charge is 0.393 e. The molecule has 90 valence electrons. The summed E-state index contributed by atoms with van der Waals surface area (Å²) >= 11 is 5.85. The van der Waals surface area contributed by atoms with Gasteiger partial charge in [0.1, 0.15) is 0 Å². The molecular weight excluding hydrogens is 226 g/mol. The van der Waals surface area contributed by atoms with Crippen molar-refractivity contribution in [3.63, 3.8) is 0 Å². The Morgan fingerprint density at radius 2 is 2.00 bits per heavy atom. The van der Waals surface area contributed by atoms with Gasteiger partial charge in [0.15, 0.2) is 11.0 Å². The van der Waals surface area contributed by atoms with Crippen LogP contribution in [0.2, 0.25) is 5.15 Å². The van der Waals surface area contributed by atoms with Gasteiger partial charge in [0.25, 0.3) is 0 Å². The minimum atomic E-state index is -0.255. The Morgan fingerprint density at radius 3 is 2.62 bits per heavy atom. The third-order valence-corrected chi connectivity index (χ3v) is 3.07. The van der Waals surface area contributed by atoms with E-state index in [9.17, 15) is 5.11 Å². The zero-order chi connectivity index (χ0) is 12.1. The second-order valence-electron chi connectivity index (χ2n) is 3.87. The normalized spacial score (nSPS) is 12.6. The first-order valence-corrected chi connectivity index (χ1v) is 5.85. The van der Waals surface area contributed by atoms with Gasteiger partial charge in [0.2, 0.25) is 0 Å². The number of anilines is 1. The van der Waals surface area contributed by atoms with E-state index in [1.54, 1.807) is 0 Å². The van der Waals surface area contributed by atoms with Crippen molar-refractivity contribution in [1.29, 1.82) is 0 Å². The Bertz CT molecular complexity index is 357. The average molecular weight is 244 g/mol. The Kier molecular flexibility index (Phi) is 4.96. The van der Waals surface area contributed by atoms with Crippen LogP contribution < -0.4 is 5.32 Å². The first kappa shape index (κ1) is 13.2. The van der Waals surface area contributed by atoms with Gasteiger partial charge in [-0.1, -0.05) is 18.5 Å². The molecule has 1 rings (SSSR count). The predicted octanol–water partition coefficient (Wildman–Crippen LogP) is 2.32. The summed E-state index contributed by atoms with van der Waals surface area (Å²) in [6.45, 7) is 6.51. The highest BCUT2D eigenvalue weighted by Gasteiger charge is 2.08. The molecule has 1 aromatic heterocycles. The van der Waals surface area contributed by atoms with E-state index in [2.05, 4.69) is 15.5 Å². The number of hydrogen-bond acceptors (Lipinski definition) is 4. The number of aliphatic hydroxyl groups is 1. The zero-order valence-electron chi connectivity index (χ0n) is 9.92. The molecule has 0 saturated heterocycles. The van der Waals surface area contributed by atoms with Crippen molar-refractivity contribution in [2.75, 3.05) is 11.9 Å². The summed E-state index contributed by atoms with van der Waals surface area (Å²) in [4.78, 5) is 0. The summed E-state index contributed by atoms with van der Waals surface area (Å²) in [7, 11) is 0. The SMILES string of the molecule is CCC(O)CCNc1nnc(Cl)c(C)c1C. The molecule has 0 amide bonds. The standard InChI is InChI=1S/C11H18ClN3O/c1-4-9(16)5-6-13-11-8(3)7(2)10(12)14-15-11/h9,16H,4-6H2,1-3H3,(H,13,15). The molecule has 0 aromatic carbocycles. The van der Waals surface area contributed by atoms with E-state index >= 15 is 0 Å². The van der Waals surface area contributed by atoms with Crippen LogP contribution in [0.1, 0.15) is 30.9 Å². The number of hydrogen-bond donors (Lipinski definition) is 2. The summed E-state index contributed by atoms with van der Waals surface area (Å²) in [5, 5.41) is 20.8. The topological polar surface area (TPSA) is 58.0 Å². The molecule has 1 unspecified atom stereocenters. The van der Waals surface area contributed by atoms with E-state index in [0.717, 1.165) is 23.4 Å². The van der Waals surface area contributed by atoms with Gasteiger partial charge in [-0.2, -0.15) is 0 Å². The molecule has 1 aromatic rings.